The van der Waals surface area contributed by atoms with Gasteiger partial charge in [-0.25, -0.2) is 0 Å². The van der Waals surface area contributed by atoms with Crippen molar-refractivity contribution in [3.8, 4) is 11.5 Å². The van der Waals surface area contributed by atoms with Crippen molar-refractivity contribution in [2.45, 2.75) is 38.1 Å². The Morgan fingerprint density at radius 1 is 0.926 bits per heavy atom. The molecule has 0 aliphatic carbocycles. The predicted octanol–water partition coefficient (Wildman–Crippen LogP) is 3.06. The standard InChI is InChI=1S/C22H26O5/c1-22(2,16-3-6-18(7-4-16)24-11-19-12-25-19)17-5-8-21(15(9-17)10-23)27-14-20-13-26-20/h3-9,19-20,23H,10-14H2,1-2H3/t19-,20+/m1/s1. The lowest BCUT2D eigenvalue weighted by Gasteiger charge is -2.27. The Labute approximate surface area is 159 Å². The third kappa shape index (κ3) is 4.43. The van der Waals surface area contributed by atoms with Gasteiger partial charge in [0.1, 0.15) is 36.9 Å². The SMILES string of the molecule is CC(C)(c1ccc(OC[C@@H]2CO2)cc1)c1ccc(OC[C@@H]2CO2)c(CO)c1. The lowest BCUT2D eigenvalue weighted by molar-refractivity contribution is 0.243. The lowest BCUT2D eigenvalue weighted by atomic mass is 9.77. The maximum absolute atomic E-state index is 9.77. The summed E-state index contributed by atoms with van der Waals surface area (Å²) in [6, 6.07) is 14.2. The first kappa shape index (κ1) is 18.3. The normalized spacial score (nSPS) is 21.0. The molecule has 5 heteroatoms. The molecule has 0 unspecified atom stereocenters. The summed E-state index contributed by atoms with van der Waals surface area (Å²) in [6.45, 7) is 6.99. The van der Waals surface area contributed by atoms with Gasteiger partial charge in [0, 0.05) is 11.0 Å². The zero-order valence-corrected chi connectivity index (χ0v) is 15.8. The van der Waals surface area contributed by atoms with Crippen molar-refractivity contribution in [1.29, 1.82) is 0 Å². The van der Waals surface area contributed by atoms with E-state index in [2.05, 4.69) is 32.0 Å². The summed E-state index contributed by atoms with van der Waals surface area (Å²) in [7, 11) is 0. The molecule has 2 aliphatic heterocycles. The number of ether oxygens (including phenoxy) is 4. The van der Waals surface area contributed by atoms with Crippen molar-refractivity contribution in [2.75, 3.05) is 26.4 Å². The molecule has 0 radical (unpaired) electrons. The van der Waals surface area contributed by atoms with Crippen LogP contribution in [0.4, 0.5) is 0 Å². The van der Waals surface area contributed by atoms with Crippen molar-refractivity contribution in [2.24, 2.45) is 0 Å². The van der Waals surface area contributed by atoms with E-state index in [9.17, 15) is 5.11 Å². The molecule has 2 heterocycles. The summed E-state index contributed by atoms with van der Waals surface area (Å²) in [4.78, 5) is 0. The third-order valence-corrected chi connectivity index (χ3v) is 5.19. The Kier molecular flexibility index (Phi) is 5.08. The molecule has 2 aromatic carbocycles. The predicted molar refractivity (Wildman–Crippen MR) is 101 cm³/mol. The third-order valence-electron chi connectivity index (χ3n) is 5.19. The van der Waals surface area contributed by atoms with Crippen molar-refractivity contribution >= 4 is 0 Å². The van der Waals surface area contributed by atoms with Gasteiger partial charge in [0.05, 0.1) is 19.8 Å². The molecule has 0 amide bonds. The second-order valence-corrected chi connectivity index (χ2v) is 7.66. The average molecular weight is 370 g/mol. The van der Waals surface area contributed by atoms with Crippen LogP contribution in [0.3, 0.4) is 0 Å². The van der Waals surface area contributed by atoms with Gasteiger partial charge in [-0.15, -0.1) is 0 Å². The van der Waals surface area contributed by atoms with Gasteiger partial charge >= 0.3 is 0 Å². The van der Waals surface area contributed by atoms with E-state index in [1.807, 2.05) is 24.3 Å². The molecule has 5 nitrogen and oxygen atoms in total. The van der Waals surface area contributed by atoms with E-state index in [1.165, 1.54) is 5.56 Å². The quantitative estimate of drug-likeness (QED) is 0.688. The summed E-state index contributed by atoms with van der Waals surface area (Å²) in [5, 5.41) is 9.77. The van der Waals surface area contributed by atoms with Gasteiger partial charge in [-0.3, -0.25) is 0 Å². The van der Waals surface area contributed by atoms with Crippen LogP contribution in [0.15, 0.2) is 42.5 Å². The molecule has 27 heavy (non-hydrogen) atoms. The monoisotopic (exact) mass is 370 g/mol. The number of aliphatic hydroxyl groups is 1. The molecule has 0 aromatic heterocycles. The Hall–Kier alpha value is -2.08. The fourth-order valence-corrected chi connectivity index (χ4v) is 3.07. The van der Waals surface area contributed by atoms with Gasteiger partial charge < -0.3 is 24.1 Å². The smallest absolute Gasteiger partial charge is 0.124 e. The molecule has 2 fully saturated rings. The highest BCUT2D eigenvalue weighted by Gasteiger charge is 2.26. The fraction of sp³-hybridized carbons (Fsp3) is 0.455. The van der Waals surface area contributed by atoms with Gasteiger partial charge in [-0.1, -0.05) is 32.0 Å². The van der Waals surface area contributed by atoms with Crippen LogP contribution in [0.1, 0.15) is 30.5 Å². The van der Waals surface area contributed by atoms with Gasteiger partial charge in [-0.05, 0) is 35.4 Å². The van der Waals surface area contributed by atoms with Crippen molar-refractivity contribution in [1.82, 2.24) is 0 Å². The Morgan fingerprint density at radius 2 is 1.52 bits per heavy atom. The highest BCUT2D eigenvalue weighted by atomic mass is 16.6. The van der Waals surface area contributed by atoms with E-state index in [0.29, 0.717) is 13.2 Å². The minimum absolute atomic E-state index is 0.0548. The minimum Gasteiger partial charge on any atom is -0.491 e. The van der Waals surface area contributed by atoms with E-state index >= 15 is 0 Å². The van der Waals surface area contributed by atoms with E-state index < -0.39 is 0 Å². The van der Waals surface area contributed by atoms with E-state index in [1.54, 1.807) is 0 Å². The van der Waals surface area contributed by atoms with E-state index in [-0.39, 0.29) is 24.2 Å². The van der Waals surface area contributed by atoms with Gasteiger partial charge in [-0.2, -0.15) is 0 Å². The molecule has 2 saturated heterocycles. The molecule has 4 rings (SSSR count). The zero-order chi connectivity index (χ0) is 18.9. The summed E-state index contributed by atoms with van der Waals surface area (Å²) in [5.74, 6) is 1.57. The number of hydrogen-bond donors (Lipinski definition) is 1. The summed E-state index contributed by atoms with van der Waals surface area (Å²) in [6.07, 6.45) is 0.449. The Balaban J connectivity index is 1.49. The molecule has 0 spiro atoms. The first-order valence-corrected chi connectivity index (χ1v) is 9.40. The van der Waals surface area contributed by atoms with Crippen molar-refractivity contribution < 1.29 is 24.1 Å². The van der Waals surface area contributed by atoms with Crippen LogP contribution in [0.5, 0.6) is 11.5 Å². The first-order valence-electron chi connectivity index (χ1n) is 9.40. The molecule has 1 N–H and O–H groups in total. The van der Waals surface area contributed by atoms with Crippen LogP contribution in [0, 0.1) is 0 Å². The van der Waals surface area contributed by atoms with E-state index in [0.717, 1.165) is 35.8 Å². The van der Waals surface area contributed by atoms with Gasteiger partial charge in [0.2, 0.25) is 0 Å². The van der Waals surface area contributed by atoms with Gasteiger partial charge in [0.15, 0.2) is 0 Å². The molecule has 2 aromatic rings. The molecule has 0 bridgehead atoms. The number of rotatable bonds is 9. The highest BCUT2D eigenvalue weighted by Crippen LogP contribution is 2.35. The van der Waals surface area contributed by atoms with E-state index in [4.69, 9.17) is 18.9 Å². The summed E-state index contributed by atoms with van der Waals surface area (Å²) >= 11 is 0. The highest BCUT2D eigenvalue weighted by molar-refractivity contribution is 5.45. The number of hydrogen-bond acceptors (Lipinski definition) is 5. The van der Waals surface area contributed by atoms with Crippen LogP contribution >= 0.6 is 0 Å². The number of epoxide rings is 2. The van der Waals surface area contributed by atoms with Crippen LogP contribution in [-0.2, 0) is 21.5 Å². The summed E-state index contributed by atoms with van der Waals surface area (Å²) < 4.78 is 21.8. The lowest BCUT2D eigenvalue weighted by Crippen LogP contribution is -2.19. The largest absolute Gasteiger partial charge is 0.491 e. The van der Waals surface area contributed by atoms with Crippen LogP contribution in [0.25, 0.3) is 0 Å². The van der Waals surface area contributed by atoms with Crippen molar-refractivity contribution in [3.05, 3.63) is 59.2 Å². The van der Waals surface area contributed by atoms with Crippen LogP contribution < -0.4 is 9.47 Å². The van der Waals surface area contributed by atoms with Gasteiger partial charge in [0.25, 0.3) is 0 Å². The van der Waals surface area contributed by atoms with Crippen LogP contribution in [-0.4, -0.2) is 43.7 Å². The second kappa shape index (κ2) is 7.50. The van der Waals surface area contributed by atoms with Crippen LogP contribution in [0.2, 0.25) is 0 Å². The zero-order valence-electron chi connectivity index (χ0n) is 15.8. The summed E-state index contributed by atoms with van der Waals surface area (Å²) in [5.41, 5.74) is 2.90. The topological polar surface area (TPSA) is 63.8 Å². The molecule has 2 aliphatic rings. The molecule has 2 atom stereocenters. The maximum Gasteiger partial charge on any atom is 0.124 e. The Bertz CT molecular complexity index is 776. The fourth-order valence-electron chi connectivity index (χ4n) is 3.07. The molecule has 144 valence electrons. The molecular weight excluding hydrogens is 344 g/mol. The van der Waals surface area contributed by atoms with Crippen molar-refractivity contribution in [3.63, 3.8) is 0 Å². The average Bonchev–Trinajstić information content (AvgIpc) is 3.59. The maximum atomic E-state index is 9.77. The first-order chi connectivity index (χ1) is 13.1. The molecular formula is C22H26O5. The number of benzene rings is 2. The molecule has 0 saturated carbocycles. The number of aliphatic hydroxyl groups excluding tert-OH is 1. The second-order valence-electron chi connectivity index (χ2n) is 7.66. The Morgan fingerprint density at radius 3 is 2.11 bits per heavy atom. The minimum atomic E-state index is -0.208.